The summed E-state index contributed by atoms with van der Waals surface area (Å²) in [7, 11) is 1.78. The van der Waals surface area contributed by atoms with E-state index in [0.29, 0.717) is 18.3 Å². The first-order chi connectivity index (χ1) is 15.1. The molecule has 3 heterocycles. The highest BCUT2D eigenvalue weighted by Gasteiger charge is 2.43. The van der Waals surface area contributed by atoms with Crippen LogP contribution in [-0.2, 0) is 16.0 Å². The van der Waals surface area contributed by atoms with E-state index in [4.69, 9.17) is 4.74 Å². The van der Waals surface area contributed by atoms with Crippen LogP contribution in [0.25, 0.3) is 11.0 Å². The summed E-state index contributed by atoms with van der Waals surface area (Å²) in [5, 5.41) is 3.55. The molecule has 162 valence electrons. The van der Waals surface area contributed by atoms with Gasteiger partial charge in [0.15, 0.2) is 0 Å². The third-order valence-electron chi connectivity index (χ3n) is 6.79. The molecule has 7 nitrogen and oxygen atoms in total. The lowest BCUT2D eigenvalue weighted by atomic mass is 9.77. The van der Waals surface area contributed by atoms with E-state index in [-0.39, 0.29) is 18.1 Å². The number of pyridine rings is 1. The first-order valence-corrected chi connectivity index (χ1v) is 11.0. The number of aryl methyl sites for hydroxylation is 1. The molecule has 31 heavy (non-hydrogen) atoms. The number of nitrogens with zero attached hydrogens (tertiary/aromatic N) is 3. The number of amides is 1. The number of benzene rings is 1. The number of likely N-dealkylation sites (tertiary alicyclic amines) is 1. The summed E-state index contributed by atoms with van der Waals surface area (Å²) in [4.78, 5) is 27.2. The van der Waals surface area contributed by atoms with Gasteiger partial charge in [-0.05, 0) is 61.4 Å². The van der Waals surface area contributed by atoms with Crippen molar-refractivity contribution in [3.8, 4) is 0 Å². The third-order valence-corrected chi connectivity index (χ3v) is 6.79. The maximum Gasteiger partial charge on any atom is 0.227 e. The molecule has 0 bridgehead atoms. The molecule has 1 aromatic carbocycles. The van der Waals surface area contributed by atoms with Crippen LogP contribution in [0.4, 0.5) is 5.82 Å². The van der Waals surface area contributed by atoms with Gasteiger partial charge in [-0.25, -0.2) is 9.97 Å². The Kier molecular flexibility index (Phi) is 5.36. The van der Waals surface area contributed by atoms with Gasteiger partial charge in [-0.15, -0.1) is 0 Å². The Morgan fingerprint density at radius 3 is 2.84 bits per heavy atom. The number of carbonyl (C=O) groups excluding carboxylic acids is 1. The molecule has 0 spiro atoms. The normalized spacial score (nSPS) is 25.5. The average molecular weight is 420 g/mol. The number of carbonyl (C=O) groups is 1. The van der Waals surface area contributed by atoms with E-state index in [0.717, 1.165) is 54.2 Å². The van der Waals surface area contributed by atoms with E-state index in [1.165, 1.54) is 0 Å². The quantitative estimate of drug-likeness (QED) is 0.664. The smallest absolute Gasteiger partial charge is 0.227 e. The van der Waals surface area contributed by atoms with Crippen LogP contribution in [0.1, 0.15) is 24.2 Å². The first-order valence-electron chi connectivity index (χ1n) is 11.0. The molecular weight excluding hydrogens is 390 g/mol. The molecule has 2 aromatic heterocycles. The number of aromatic nitrogens is 3. The SMILES string of the molecule is CO[C@@H]1C[C@H]2CN(C(=O)Cc3ccc4nc(C)[nH]c4c3)C[C@H]2C[C@H]1Nc1ccccn1. The molecule has 4 atom stereocenters. The fourth-order valence-electron chi connectivity index (χ4n) is 5.25. The van der Waals surface area contributed by atoms with Crippen molar-refractivity contribution in [3.63, 3.8) is 0 Å². The molecule has 2 aliphatic rings. The van der Waals surface area contributed by atoms with Crippen molar-refractivity contribution in [3.05, 3.63) is 54.0 Å². The predicted octanol–water partition coefficient (Wildman–Crippen LogP) is 3.17. The van der Waals surface area contributed by atoms with E-state index in [1.807, 2.05) is 48.2 Å². The Balaban J connectivity index is 1.24. The Morgan fingerprint density at radius 2 is 2.06 bits per heavy atom. The number of fused-ring (bicyclic) bond motifs is 2. The zero-order chi connectivity index (χ0) is 21.4. The van der Waals surface area contributed by atoms with Crippen molar-refractivity contribution >= 4 is 22.8 Å². The molecule has 1 amide bonds. The molecule has 0 radical (unpaired) electrons. The molecule has 2 N–H and O–H groups in total. The predicted molar refractivity (Wildman–Crippen MR) is 120 cm³/mol. The van der Waals surface area contributed by atoms with E-state index in [1.54, 1.807) is 13.3 Å². The summed E-state index contributed by atoms with van der Waals surface area (Å²) in [6.45, 7) is 3.59. The van der Waals surface area contributed by atoms with Gasteiger partial charge in [0.25, 0.3) is 0 Å². The minimum atomic E-state index is 0.129. The van der Waals surface area contributed by atoms with Crippen molar-refractivity contribution in [1.29, 1.82) is 0 Å². The van der Waals surface area contributed by atoms with Crippen molar-refractivity contribution in [2.45, 2.75) is 38.3 Å². The standard InChI is InChI=1S/C24H29N5O2/c1-15-26-19-7-6-16(9-20(19)27-15)10-24(30)29-13-17-11-21(22(31-2)12-18(17)14-29)28-23-5-3-4-8-25-23/h3-9,17-18,21-22H,10-14H2,1-2H3,(H,25,28)(H,26,27)/t17-,18+,21-,22-/m1/s1. The molecule has 1 saturated carbocycles. The Morgan fingerprint density at radius 1 is 1.23 bits per heavy atom. The highest BCUT2D eigenvalue weighted by Crippen LogP contribution is 2.38. The van der Waals surface area contributed by atoms with Crippen LogP contribution in [0.2, 0.25) is 0 Å². The number of hydrogen-bond donors (Lipinski definition) is 2. The van der Waals surface area contributed by atoms with Crippen LogP contribution in [-0.4, -0.2) is 58.1 Å². The second-order valence-corrected chi connectivity index (χ2v) is 8.88. The zero-order valence-electron chi connectivity index (χ0n) is 18.0. The maximum absolute atomic E-state index is 13.1. The molecule has 5 rings (SSSR count). The molecule has 1 aliphatic heterocycles. The lowest BCUT2D eigenvalue weighted by Crippen LogP contribution is -2.44. The number of H-pyrrole nitrogens is 1. The summed E-state index contributed by atoms with van der Waals surface area (Å²) in [6.07, 6.45) is 4.31. The fraction of sp³-hybridized carbons (Fsp3) is 0.458. The van der Waals surface area contributed by atoms with Gasteiger partial charge in [-0.1, -0.05) is 12.1 Å². The molecule has 7 heteroatoms. The topological polar surface area (TPSA) is 83.1 Å². The molecule has 1 aliphatic carbocycles. The third kappa shape index (κ3) is 4.14. The molecule has 3 aromatic rings. The summed E-state index contributed by atoms with van der Waals surface area (Å²) in [5.41, 5.74) is 2.96. The maximum atomic E-state index is 13.1. The van der Waals surface area contributed by atoms with Crippen molar-refractivity contribution in [2.24, 2.45) is 11.8 Å². The van der Waals surface area contributed by atoms with E-state index in [2.05, 4.69) is 20.3 Å². The number of hydrogen-bond acceptors (Lipinski definition) is 5. The highest BCUT2D eigenvalue weighted by molar-refractivity contribution is 5.82. The van der Waals surface area contributed by atoms with Crippen molar-refractivity contribution in [1.82, 2.24) is 19.9 Å². The summed E-state index contributed by atoms with van der Waals surface area (Å²) in [6, 6.07) is 12.1. The highest BCUT2D eigenvalue weighted by atomic mass is 16.5. The monoisotopic (exact) mass is 419 g/mol. The van der Waals surface area contributed by atoms with Crippen LogP contribution < -0.4 is 5.32 Å². The van der Waals surface area contributed by atoms with Crippen LogP contribution >= 0.6 is 0 Å². The van der Waals surface area contributed by atoms with Gasteiger partial charge in [0, 0.05) is 26.4 Å². The molecular formula is C24H29N5O2. The van der Waals surface area contributed by atoms with Gasteiger partial charge < -0.3 is 19.9 Å². The minimum absolute atomic E-state index is 0.129. The summed E-state index contributed by atoms with van der Waals surface area (Å²) < 4.78 is 5.82. The number of methoxy groups -OCH3 is 1. The number of anilines is 1. The molecule has 1 saturated heterocycles. The van der Waals surface area contributed by atoms with Crippen molar-refractivity contribution in [2.75, 3.05) is 25.5 Å². The second kappa shape index (κ2) is 8.30. The number of imidazole rings is 1. The van der Waals surface area contributed by atoms with Crippen LogP contribution in [0, 0.1) is 18.8 Å². The van der Waals surface area contributed by atoms with Gasteiger partial charge in [-0.2, -0.15) is 0 Å². The number of ether oxygens (including phenoxy) is 1. The lowest BCUT2D eigenvalue weighted by Gasteiger charge is -2.37. The lowest BCUT2D eigenvalue weighted by molar-refractivity contribution is -0.129. The molecule has 2 fully saturated rings. The van der Waals surface area contributed by atoms with Gasteiger partial charge in [0.1, 0.15) is 11.6 Å². The Bertz CT molecular complexity index is 1070. The fourth-order valence-corrected chi connectivity index (χ4v) is 5.25. The number of nitrogens with one attached hydrogen (secondary N) is 2. The van der Waals surface area contributed by atoms with Crippen molar-refractivity contribution < 1.29 is 9.53 Å². The van der Waals surface area contributed by atoms with Gasteiger partial charge >= 0.3 is 0 Å². The van der Waals surface area contributed by atoms with Crippen LogP contribution in [0.3, 0.4) is 0 Å². The van der Waals surface area contributed by atoms with E-state index in [9.17, 15) is 4.79 Å². The van der Waals surface area contributed by atoms with Gasteiger partial charge in [-0.3, -0.25) is 4.79 Å². The Labute approximate surface area is 182 Å². The van der Waals surface area contributed by atoms with Gasteiger partial charge in [0.2, 0.25) is 5.91 Å². The van der Waals surface area contributed by atoms with E-state index < -0.39 is 0 Å². The second-order valence-electron chi connectivity index (χ2n) is 8.88. The first kappa shape index (κ1) is 20.0. The Hall–Kier alpha value is -2.93. The zero-order valence-corrected chi connectivity index (χ0v) is 18.0. The minimum Gasteiger partial charge on any atom is -0.379 e. The largest absolute Gasteiger partial charge is 0.379 e. The number of aromatic amines is 1. The van der Waals surface area contributed by atoms with Gasteiger partial charge in [0.05, 0.1) is 29.6 Å². The molecule has 0 unspecified atom stereocenters. The van der Waals surface area contributed by atoms with E-state index >= 15 is 0 Å². The number of rotatable bonds is 5. The van der Waals surface area contributed by atoms with Crippen LogP contribution in [0.5, 0.6) is 0 Å². The summed E-state index contributed by atoms with van der Waals surface area (Å²) in [5.74, 6) is 2.96. The van der Waals surface area contributed by atoms with Crippen LogP contribution in [0.15, 0.2) is 42.6 Å². The average Bonchev–Trinajstić information content (AvgIpc) is 3.35. The summed E-state index contributed by atoms with van der Waals surface area (Å²) >= 11 is 0.